The monoisotopic (exact) mass is 326 g/mol. The Morgan fingerprint density at radius 2 is 1.92 bits per heavy atom. The first-order chi connectivity index (χ1) is 11.8. The summed E-state index contributed by atoms with van der Waals surface area (Å²) in [5, 5.41) is 8.20. The smallest absolute Gasteiger partial charge is 0.225 e. The molecule has 0 unspecified atom stereocenters. The molecule has 0 saturated carbocycles. The van der Waals surface area contributed by atoms with E-state index in [0.29, 0.717) is 6.04 Å². The fourth-order valence-corrected chi connectivity index (χ4v) is 3.86. The average Bonchev–Trinajstić information content (AvgIpc) is 3.30. The van der Waals surface area contributed by atoms with Crippen molar-refractivity contribution in [1.29, 1.82) is 0 Å². The van der Waals surface area contributed by atoms with Crippen molar-refractivity contribution >= 4 is 5.95 Å². The van der Waals surface area contributed by atoms with Gasteiger partial charge in [-0.1, -0.05) is 0 Å². The Bertz CT molecular complexity index is 671. The molecule has 2 aromatic heterocycles. The van der Waals surface area contributed by atoms with Crippen molar-refractivity contribution in [1.82, 2.24) is 25.1 Å². The van der Waals surface area contributed by atoms with Crippen LogP contribution in [0, 0.1) is 0 Å². The summed E-state index contributed by atoms with van der Waals surface area (Å²) in [4.78, 5) is 11.4. The maximum atomic E-state index is 4.54. The topological polar surface area (TPSA) is 58.9 Å². The molecule has 1 aliphatic carbocycles. The molecule has 128 valence electrons. The third-order valence-electron chi connectivity index (χ3n) is 5.20. The van der Waals surface area contributed by atoms with E-state index in [9.17, 15) is 0 Å². The maximum absolute atomic E-state index is 4.54. The van der Waals surface area contributed by atoms with Gasteiger partial charge in [0.1, 0.15) is 0 Å². The van der Waals surface area contributed by atoms with Crippen molar-refractivity contribution < 1.29 is 0 Å². The summed E-state index contributed by atoms with van der Waals surface area (Å²) in [5.41, 5.74) is 3.92. The molecule has 1 atom stereocenters. The second-order valence-electron chi connectivity index (χ2n) is 6.77. The molecular weight excluding hydrogens is 300 g/mol. The Balaban J connectivity index is 1.39. The van der Waals surface area contributed by atoms with Crippen LogP contribution in [0.4, 0.5) is 5.95 Å². The van der Waals surface area contributed by atoms with E-state index in [1.54, 1.807) is 0 Å². The summed E-state index contributed by atoms with van der Waals surface area (Å²) >= 11 is 0. The first kappa shape index (κ1) is 15.6. The molecule has 0 aromatic carbocycles. The summed E-state index contributed by atoms with van der Waals surface area (Å²) in [6.07, 6.45) is 12.0. The van der Waals surface area contributed by atoms with Crippen LogP contribution in [0.1, 0.15) is 55.5 Å². The molecule has 3 heterocycles. The van der Waals surface area contributed by atoms with Crippen LogP contribution in [-0.2, 0) is 19.5 Å². The van der Waals surface area contributed by atoms with Crippen LogP contribution < -0.4 is 10.2 Å². The van der Waals surface area contributed by atoms with Gasteiger partial charge in [-0.15, -0.1) is 0 Å². The molecule has 0 spiro atoms. The second-order valence-corrected chi connectivity index (χ2v) is 6.77. The third-order valence-corrected chi connectivity index (χ3v) is 5.20. The van der Waals surface area contributed by atoms with Crippen molar-refractivity contribution in [2.45, 2.75) is 58.2 Å². The van der Waals surface area contributed by atoms with Gasteiger partial charge in [0.2, 0.25) is 5.95 Å². The highest BCUT2D eigenvalue weighted by Crippen LogP contribution is 2.29. The van der Waals surface area contributed by atoms with Crippen LogP contribution in [0.15, 0.2) is 18.6 Å². The highest BCUT2D eigenvalue weighted by molar-refractivity contribution is 5.31. The number of aryl methyl sites for hydroxylation is 1. The average molecular weight is 326 g/mol. The summed E-state index contributed by atoms with van der Waals surface area (Å²) in [6.45, 7) is 6.09. The van der Waals surface area contributed by atoms with Crippen molar-refractivity contribution in [2.24, 2.45) is 0 Å². The molecule has 6 heteroatoms. The number of fused-ring (bicyclic) bond motifs is 1. The molecule has 6 nitrogen and oxygen atoms in total. The lowest BCUT2D eigenvalue weighted by molar-refractivity contribution is 0.447. The Hall–Kier alpha value is -1.95. The van der Waals surface area contributed by atoms with Gasteiger partial charge >= 0.3 is 0 Å². The third kappa shape index (κ3) is 3.02. The maximum Gasteiger partial charge on any atom is 0.225 e. The van der Waals surface area contributed by atoms with Gasteiger partial charge in [0.05, 0.1) is 6.20 Å². The molecule has 2 aliphatic rings. The zero-order valence-electron chi connectivity index (χ0n) is 14.4. The van der Waals surface area contributed by atoms with Crippen molar-refractivity contribution in [2.75, 3.05) is 18.0 Å². The van der Waals surface area contributed by atoms with Crippen LogP contribution in [-0.4, -0.2) is 32.8 Å². The molecule has 0 radical (unpaired) electrons. The van der Waals surface area contributed by atoms with Gasteiger partial charge in [0.25, 0.3) is 0 Å². The highest BCUT2D eigenvalue weighted by atomic mass is 15.3. The van der Waals surface area contributed by atoms with E-state index in [1.165, 1.54) is 36.9 Å². The normalized spacial score (nSPS) is 20.4. The minimum Gasteiger partial charge on any atom is -0.341 e. The number of hydrogen-bond acceptors (Lipinski definition) is 5. The summed E-state index contributed by atoms with van der Waals surface area (Å²) in [7, 11) is 0. The Kier molecular flexibility index (Phi) is 4.47. The van der Waals surface area contributed by atoms with Gasteiger partial charge in [-0.3, -0.25) is 4.68 Å². The molecule has 0 amide bonds. The zero-order valence-corrected chi connectivity index (χ0v) is 14.4. The Morgan fingerprint density at radius 1 is 1.12 bits per heavy atom. The van der Waals surface area contributed by atoms with Crippen LogP contribution in [0.2, 0.25) is 0 Å². The standard InChI is InChI=1S/C18H26N6/c1-2-24-17-7-5-6-16(15(17)13-22-24)19-10-14-11-20-18(21-12-14)23-8-3-4-9-23/h11-13,16,19H,2-10H2,1H3/t16-/m0/s1. The van der Waals surface area contributed by atoms with E-state index >= 15 is 0 Å². The molecule has 1 aliphatic heterocycles. The van der Waals surface area contributed by atoms with Crippen molar-refractivity contribution in [3.63, 3.8) is 0 Å². The molecule has 4 rings (SSSR count). The number of nitrogens with one attached hydrogen (secondary N) is 1. The molecular formula is C18H26N6. The summed E-state index contributed by atoms with van der Waals surface area (Å²) < 4.78 is 2.14. The molecule has 0 bridgehead atoms. The number of rotatable bonds is 5. The number of nitrogens with zero attached hydrogens (tertiary/aromatic N) is 5. The van der Waals surface area contributed by atoms with Gasteiger partial charge in [0.15, 0.2) is 0 Å². The van der Waals surface area contributed by atoms with Gasteiger partial charge < -0.3 is 10.2 Å². The minimum absolute atomic E-state index is 0.396. The predicted octanol–water partition coefficient (Wildman–Crippen LogP) is 2.46. The molecule has 1 N–H and O–H groups in total. The number of aromatic nitrogens is 4. The largest absolute Gasteiger partial charge is 0.341 e. The lowest BCUT2D eigenvalue weighted by atomic mass is 9.93. The van der Waals surface area contributed by atoms with Gasteiger partial charge in [-0.25, -0.2) is 9.97 Å². The lowest BCUT2D eigenvalue weighted by Gasteiger charge is -2.24. The zero-order chi connectivity index (χ0) is 16.4. The number of anilines is 1. The quantitative estimate of drug-likeness (QED) is 0.914. The highest BCUT2D eigenvalue weighted by Gasteiger charge is 2.23. The number of hydrogen-bond donors (Lipinski definition) is 1. The van der Waals surface area contributed by atoms with Crippen LogP contribution in [0.3, 0.4) is 0 Å². The van der Waals surface area contributed by atoms with Crippen LogP contribution in [0.5, 0.6) is 0 Å². The Morgan fingerprint density at radius 3 is 2.67 bits per heavy atom. The molecule has 1 saturated heterocycles. The van der Waals surface area contributed by atoms with E-state index in [4.69, 9.17) is 0 Å². The SMILES string of the molecule is CCn1ncc2c1CCC[C@@H]2NCc1cnc(N2CCCC2)nc1. The molecule has 1 fully saturated rings. The van der Waals surface area contributed by atoms with Crippen LogP contribution >= 0.6 is 0 Å². The van der Waals surface area contributed by atoms with E-state index in [0.717, 1.165) is 44.1 Å². The van der Waals surface area contributed by atoms with Gasteiger partial charge in [-0.05, 0) is 39.0 Å². The fourth-order valence-electron chi connectivity index (χ4n) is 3.86. The first-order valence-corrected chi connectivity index (χ1v) is 9.19. The first-order valence-electron chi connectivity index (χ1n) is 9.19. The second kappa shape index (κ2) is 6.89. The lowest BCUT2D eigenvalue weighted by Crippen LogP contribution is -2.25. The van der Waals surface area contributed by atoms with E-state index in [2.05, 4.69) is 36.9 Å². The van der Waals surface area contributed by atoms with E-state index < -0.39 is 0 Å². The fraction of sp³-hybridized carbons (Fsp3) is 0.611. The van der Waals surface area contributed by atoms with Crippen molar-refractivity contribution in [3.05, 3.63) is 35.4 Å². The molecule has 24 heavy (non-hydrogen) atoms. The Labute approximate surface area is 143 Å². The summed E-state index contributed by atoms with van der Waals surface area (Å²) in [5.74, 6) is 0.875. The van der Waals surface area contributed by atoms with Gasteiger partial charge in [-0.2, -0.15) is 5.10 Å². The van der Waals surface area contributed by atoms with E-state index in [-0.39, 0.29) is 0 Å². The predicted molar refractivity (Wildman–Crippen MR) is 93.9 cm³/mol. The minimum atomic E-state index is 0.396. The molecule has 2 aromatic rings. The van der Waals surface area contributed by atoms with Crippen LogP contribution in [0.25, 0.3) is 0 Å². The van der Waals surface area contributed by atoms with Crippen molar-refractivity contribution in [3.8, 4) is 0 Å². The van der Waals surface area contributed by atoms with E-state index in [1.807, 2.05) is 18.6 Å². The van der Waals surface area contributed by atoms with Gasteiger partial charge in [0, 0.05) is 61.4 Å². The summed E-state index contributed by atoms with van der Waals surface area (Å²) in [6, 6.07) is 0.396.